The fourth-order valence-corrected chi connectivity index (χ4v) is 6.34. The van der Waals surface area contributed by atoms with E-state index in [1.54, 1.807) is 6.07 Å². The van der Waals surface area contributed by atoms with Gasteiger partial charge in [0, 0.05) is 17.3 Å². The van der Waals surface area contributed by atoms with Crippen LogP contribution in [0.25, 0.3) is 0 Å². The van der Waals surface area contributed by atoms with Gasteiger partial charge in [0.15, 0.2) is 0 Å². The first-order valence-electron chi connectivity index (χ1n) is 12.7. The van der Waals surface area contributed by atoms with Gasteiger partial charge in [0.25, 0.3) is 10.0 Å². The number of nitrogens with one attached hydrogen (secondary N) is 2. The van der Waals surface area contributed by atoms with Crippen LogP contribution in [-0.2, 0) is 10.0 Å². The summed E-state index contributed by atoms with van der Waals surface area (Å²) >= 11 is 0. The highest BCUT2D eigenvalue weighted by Crippen LogP contribution is 2.50. The number of hydrogen-bond donors (Lipinski definition) is 2. The van der Waals surface area contributed by atoms with E-state index >= 15 is 0 Å². The fraction of sp³-hybridized carbons (Fsp3) is 0.333. The molecule has 1 heterocycles. The van der Waals surface area contributed by atoms with Gasteiger partial charge >= 0.3 is 0 Å². The maximum atomic E-state index is 13.2. The maximum absolute atomic E-state index is 13.2. The number of allylic oxidation sites excluding steroid dienone is 2. The minimum atomic E-state index is -3.70. The van der Waals surface area contributed by atoms with E-state index in [2.05, 4.69) is 48.2 Å². The molecule has 5 nitrogen and oxygen atoms in total. The van der Waals surface area contributed by atoms with E-state index in [-0.39, 0.29) is 23.0 Å². The third kappa shape index (κ3) is 4.87. The van der Waals surface area contributed by atoms with Crippen molar-refractivity contribution in [3.05, 3.63) is 95.6 Å². The second-order valence-electron chi connectivity index (χ2n) is 10.3. The predicted molar refractivity (Wildman–Crippen MR) is 146 cm³/mol. The molecule has 0 unspecified atom stereocenters. The topological polar surface area (TPSA) is 67.4 Å². The lowest BCUT2D eigenvalue weighted by atomic mass is 9.77. The second kappa shape index (κ2) is 9.66. The number of benzene rings is 3. The third-order valence-electron chi connectivity index (χ3n) is 7.09. The van der Waals surface area contributed by atoms with Crippen LogP contribution in [0, 0.1) is 5.92 Å². The Hall–Kier alpha value is -3.25. The molecular weight excluding hydrogens is 468 g/mol. The number of sulfonamides is 1. The average Bonchev–Trinajstić information content (AvgIpc) is 3.34. The van der Waals surface area contributed by atoms with E-state index in [4.69, 9.17) is 4.74 Å². The van der Waals surface area contributed by atoms with E-state index in [9.17, 15) is 8.42 Å². The van der Waals surface area contributed by atoms with Gasteiger partial charge in [-0.15, -0.1) is 0 Å². The van der Waals surface area contributed by atoms with Gasteiger partial charge in [0.2, 0.25) is 0 Å². The summed E-state index contributed by atoms with van der Waals surface area (Å²) in [6.45, 7) is 8.28. The molecular formula is C30H34N2O3S. The zero-order chi connectivity index (χ0) is 25.4. The van der Waals surface area contributed by atoms with Crippen LogP contribution >= 0.6 is 0 Å². The number of rotatable bonds is 7. The van der Waals surface area contributed by atoms with Crippen molar-refractivity contribution in [3.8, 4) is 5.75 Å². The van der Waals surface area contributed by atoms with Crippen molar-refractivity contribution in [1.82, 2.24) is 0 Å². The Morgan fingerprint density at radius 1 is 0.944 bits per heavy atom. The molecule has 36 heavy (non-hydrogen) atoms. The molecule has 0 fully saturated rings. The van der Waals surface area contributed by atoms with E-state index in [1.165, 1.54) is 11.1 Å². The molecule has 5 rings (SSSR count). The molecule has 0 saturated heterocycles. The lowest BCUT2D eigenvalue weighted by Crippen LogP contribution is -2.29. The molecule has 188 valence electrons. The minimum Gasteiger partial charge on any atom is -0.491 e. The molecule has 0 bridgehead atoms. The predicted octanol–water partition coefficient (Wildman–Crippen LogP) is 7.22. The van der Waals surface area contributed by atoms with Gasteiger partial charge in [-0.25, -0.2) is 8.42 Å². The number of anilines is 2. The Morgan fingerprint density at radius 3 is 2.33 bits per heavy atom. The molecule has 0 aromatic heterocycles. The van der Waals surface area contributed by atoms with Crippen molar-refractivity contribution in [2.45, 2.75) is 63.0 Å². The van der Waals surface area contributed by atoms with Gasteiger partial charge in [0.05, 0.1) is 17.0 Å². The Kier molecular flexibility index (Phi) is 6.56. The highest BCUT2D eigenvalue weighted by molar-refractivity contribution is 7.92. The molecule has 0 saturated carbocycles. The van der Waals surface area contributed by atoms with E-state index in [0.717, 1.165) is 23.4 Å². The number of ether oxygens (including phenoxy) is 1. The quantitative estimate of drug-likeness (QED) is 0.335. The first-order chi connectivity index (χ1) is 17.2. The zero-order valence-electron chi connectivity index (χ0n) is 21.2. The molecule has 6 heteroatoms. The van der Waals surface area contributed by atoms with E-state index < -0.39 is 10.0 Å². The van der Waals surface area contributed by atoms with Gasteiger partial charge < -0.3 is 10.1 Å². The normalized spacial score (nSPS) is 20.7. The number of hydrogen-bond acceptors (Lipinski definition) is 4. The van der Waals surface area contributed by atoms with Gasteiger partial charge in [-0.1, -0.05) is 50.3 Å². The summed E-state index contributed by atoms with van der Waals surface area (Å²) in [6.07, 6.45) is 5.52. The third-order valence-corrected chi connectivity index (χ3v) is 8.46. The van der Waals surface area contributed by atoms with Crippen molar-refractivity contribution in [2.75, 3.05) is 10.0 Å². The summed E-state index contributed by atoms with van der Waals surface area (Å²) in [5.74, 6) is 1.75. The molecule has 1 aliphatic carbocycles. The van der Waals surface area contributed by atoms with Crippen LogP contribution in [0.2, 0.25) is 0 Å². The Balaban J connectivity index is 1.40. The molecule has 2 aliphatic rings. The molecule has 2 N–H and O–H groups in total. The highest BCUT2D eigenvalue weighted by Gasteiger charge is 2.38. The molecule has 0 radical (unpaired) electrons. The Labute approximate surface area is 214 Å². The van der Waals surface area contributed by atoms with Gasteiger partial charge in [0.1, 0.15) is 5.75 Å². The Morgan fingerprint density at radius 2 is 1.67 bits per heavy atom. The highest BCUT2D eigenvalue weighted by atomic mass is 32.2. The summed E-state index contributed by atoms with van der Waals surface area (Å²) < 4.78 is 35.0. The zero-order valence-corrected chi connectivity index (χ0v) is 22.0. The summed E-state index contributed by atoms with van der Waals surface area (Å²) in [4.78, 5) is 0.281. The van der Waals surface area contributed by atoms with Crippen molar-refractivity contribution >= 4 is 21.4 Å². The van der Waals surface area contributed by atoms with Crippen LogP contribution < -0.4 is 14.8 Å². The van der Waals surface area contributed by atoms with Crippen molar-refractivity contribution in [3.63, 3.8) is 0 Å². The molecule has 0 spiro atoms. The molecule has 3 aromatic carbocycles. The lowest BCUT2D eigenvalue weighted by Gasteiger charge is -2.37. The molecule has 3 atom stereocenters. The monoisotopic (exact) mass is 502 g/mol. The van der Waals surface area contributed by atoms with Gasteiger partial charge in [-0.2, -0.15) is 0 Å². The number of fused-ring (bicyclic) bond motifs is 3. The first kappa shape index (κ1) is 24.4. The van der Waals surface area contributed by atoms with Crippen molar-refractivity contribution in [2.24, 2.45) is 5.92 Å². The van der Waals surface area contributed by atoms with Crippen LogP contribution in [0.1, 0.15) is 68.7 Å². The van der Waals surface area contributed by atoms with Crippen molar-refractivity contribution < 1.29 is 13.2 Å². The lowest BCUT2D eigenvalue weighted by molar-refractivity contribution is 0.242. The average molecular weight is 503 g/mol. The van der Waals surface area contributed by atoms with Crippen LogP contribution in [0.4, 0.5) is 11.4 Å². The van der Waals surface area contributed by atoms with Gasteiger partial charge in [-0.05, 0) is 91.3 Å². The largest absolute Gasteiger partial charge is 0.491 e. The second-order valence-corrected chi connectivity index (χ2v) is 12.0. The van der Waals surface area contributed by atoms with Crippen molar-refractivity contribution in [1.29, 1.82) is 0 Å². The first-order valence-corrected chi connectivity index (χ1v) is 14.2. The summed E-state index contributed by atoms with van der Waals surface area (Å²) in [7, 11) is -3.70. The maximum Gasteiger partial charge on any atom is 0.261 e. The van der Waals surface area contributed by atoms with E-state index in [1.807, 2.05) is 62.4 Å². The van der Waals surface area contributed by atoms with Crippen LogP contribution in [0.15, 0.2) is 83.8 Å². The molecule has 0 amide bonds. The van der Waals surface area contributed by atoms with E-state index in [0.29, 0.717) is 17.5 Å². The minimum absolute atomic E-state index is 0.137. The fourth-order valence-electron chi connectivity index (χ4n) is 5.25. The SMILES string of the molecule is CC(C)Oc1ccc([C@H]2Nc3ccc(S(=O)(=O)Nc4ccc(C(C)C)cc4)cc3[C@H]3C=CC[C@H]32)cc1. The van der Waals surface area contributed by atoms with Crippen LogP contribution in [-0.4, -0.2) is 14.5 Å². The summed E-state index contributed by atoms with van der Waals surface area (Å²) in [6, 6.07) is 21.5. The smallest absolute Gasteiger partial charge is 0.261 e. The summed E-state index contributed by atoms with van der Waals surface area (Å²) in [5.41, 5.74) is 4.96. The van der Waals surface area contributed by atoms with Crippen LogP contribution in [0.5, 0.6) is 5.75 Å². The van der Waals surface area contributed by atoms with Gasteiger partial charge in [-0.3, -0.25) is 4.72 Å². The Bertz CT molecular complexity index is 1360. The van der Waals surface area contributed by atoms with Crippen LogP contribution in [0.3, 0.4) is 0 Å². The molecule has 1 aliphatic heterocycles. The molecule has 3 aromatic rings. The summed E-state index contributed by atoms with van der Waals surface area (Å²) in [5, 5.41) is 3.69. The standard InChI is InChI=1S/C30H34N2O3S/c1-19(2)21-8-12-23(13-9-21)32-36(33,34)25-16-17-29-28(18-25)26-6-5-7-27(26)30(31-29)22-10-14-24(15-11-22)35-20(3)4/h5-6,8-20,26-27,30-32H,7H2,1-4H3/t26-,27+,30+/m0/s1.